The van der Waals surface area contributed by atoms with Crippen LogP contribution in [0.5, 0.6) is 5.75 Å². The SMILES string of the molecule is CC1=CC[C@H]2[C@H](C(=O)C3=C(O)/C(=C/c4ccc(O)cc4)NC3=O)[C@H](C)C=C[C@@H]2C1. The number of benzene rings is 1. The standard InChI is InChI=1S/C24H25NO4/c1-13-3-10-18-16(11-13)7-4-14(2)20(18)23(28)21-22(27)19(25-24(21)29)12-15-5-8-17(26)9-6-15/h3-9,12,14,16,18,20,26-27H,10-11H2,1-2H3,(H,25,29)/b19-12-/t14-,16-,18-,20-/m1/s1. The maximum Gasteiger partial charge on any atom is 0.263 e. The zero-order valence-electron chi connectivity index (χ0n) is 16.6. The summed E-state index contributed by atoms with van der Waals surface area (Å²) in [6.45, 7) is 4.11. The molecule has 0 unspecified atom stereocenters. The van der Waals surface area contributed by atoms with Gasteiger partial charge in [-0.2, -0.15) is 0 Å². The van der Waals surface area contributed by atoms with E-state index in [-0.39, 0.29) is 46.3 Å². The van der Waals surface area contributed by atoms with Gasteiger partial charge in [0.25, 0.3) is 5.91 Å². The van der Waals surface area contributed by atoms with E-state index in [1.807, 2.05) is 6.92 Å². The van der Waals surface area contributed by atoms with Gasteiger partial charge in [-0.25, -0.2) is 0 Å². The summed E-state index contributed by atoms with van der Waals surface area (Å²) in [6, 6.07) is 6.36. The number of aliphatic hydroxyl groups excluding tert-OH is 1. The first kappa shape index (κ1) is 19.2. The Balaban J connectivity index is 1.66. The zero-order chi connectivity index (χ0) is 20.7. The molecule has 0 saturated carbocycles. The molecule has 0 bridgehead atoms. The number of ketones is 1. The van der Waals surface area contributed by atoms with E-state index in [2.05, 4.69) is 30.5 Å². The van der Waals surface area contributed by atoms with Crippen LogP contribution in [0, 0.1) is 23.7 Å². The van der Waals surface area contributed by atoms with Crippen LogP contribution in [-0.4, -0.2) is 21.9 Å². The molecule has 1 aromatic rings. The van der Waals surface area contributed by atoms with Gasteiger partial charge >= 0.3 is 0 Å². The summed E-state index contributed by atoms with van der Waals surface area (Å²) in [5.41, 5.74) is 2.09. The maximum absolute atomic E-state index is 13.4. The summed E-state index contributed by atoms with van der Waals surface area (Å²) in [5.74, 6) is -0.891. The summed E-state index contributed by atoms with van der Waals surface area (Å²) in [6.07, 6.45) is 9.79. The van der Waals surface area contributed by atoms with Crippen molar-refractivity contribution in [3.05, 3.63) is 70.7 Å². The summed E-state index contributed by atoms with van der Waals surface area (Å²) in [4.78, 5) is 26.0. The maximum atomic E-state index is 13.4. The third-order valence-corrected chi connectivity index (χ3v) is 6.26. The molecule has 5 heteroatoms. The van der Waals surface area contributed by atoms with E-state index in [4.69, 9.17) is 0 Å². The molecule has 1 heterocycles. The topological polar surface area (TPSA) is 86.6 Å². The van der Waals surface area contributed by atoms with Crippen LogP contribution in [0.25, 0.3) is 6.08 Å². The second-order valence-electron chi connectivity index (χ2n) is 8.28. The number of rotatable bonds is 3. The Kier molecular flexibility index (Phi) is 4.91. The lowest BCUT2D eigenvalue weighted by atomic mass is 9.63. The van der Waals surface area contributed by atoms with Crippen molar-refractivity contribution in [2.75, 3.05) is 0 Å². The molecule has 29 heavy (non-hydrogen) atoms. The van der Waals surface area contributed by atoms with Crippen molar-refractivity contribution in [3.8, 4) is 5.75 Å². The lowest BCUT2D eigenvalue weighted by Gasteiger charge is -2.39. The van der Waals surface area contributed by atoms with E-state index in [0.717, 1.165) is 12.8 Å². The minimum Gasteiger partial charge on any atom is -0.508 e. The van der Waals surface area contributed by atoms with Gasteiger partial charge < -0.3 is 15.5 Å². The van der Waals surface area contributed by atoms with Crippen molar-refractivity contribution in [2.45, 2.75) is 26.7 Å². The molecule has 1 aliphatic heterocycles. The number of aliphatic hydroxyl groups is 1. The molecule has 2 aliphatic carbocycles. The van der Waals surface area contributed by atoms with Crippen LogP contribution in [0.3, 0.4) is 0 Å². The van der Waals surface area contributed by atoms with Crippen LogP contribution in [-0.2, 0) is 9.59 Å². The van der Waals surface area contributed by atoms with Crippen LogP contribution < -0.4 is 5.32 Å². The molecule has 0 saturated heterocycles. The number of carbonyl (C=O) groups excluding carboxylic acids is 2. The van der Waals surface area contributed by atoms with Gasteiger partial charge in [-0.15, -0.1) is 0 Å². The van der Waals surface area contributed by atoms with E-state index in [0.29, 0.717) is 11.5 Å². The second kappa shape index (κ2) is 7.39. The Morgan fingerprint density at radius 1 is 1.17 bits per heavy atom. The summed E-state index contributed by atoms with van der Waals surface area (Å²) in [7, 11) is 0. The van der Waals surface area contributed by atoms with Gasteiger partial charge in [0.1, 0.15) is 11.3 Å². The molecule has 0 aromatic heterocycles. The fraction of sp³-hybridized carbons (Fsp3) is 0.333. The number of phenolic OH excluding ortho intramolecular Hbond substituents is 1. The minimum absolute atomic E-state index is 0.00813. The second-order valence-corrected chi connectivity index (χ2v) is 8.28. The number of hydrogen-bond donors (Lipinski definition) is 3. The molecule has 5 nitrogen and oxygen atoms in total. The number of amides is 1. The molecule has 4 atom stereocenters. The van der Waals surface area contributed by atoms with Gasteiger partial charge in [-0.05, 0) is 61.3 Å². The normalized spacial score (nSPS) is 30.2. The Labute approximate surface area is 170 Å². The van der Waals surface area contributed by atoms with E-state index in [1.54, 1.807) is 18.2 Å². The Morgan fingerprint density at radius 3 is 2.62 bits per heavy atom. The van der Waals surface area contributed by atoms with Crippen LogP contribution in [0.4, 0.5) is 0 Å². The summed E-state index contributed by atoms with van der Waals surface area (Å²) in [5, 5.41) is 22.7. The molecular weight excluding hydrogens is 366 g/mol. The predicted molar refractivity (Wildman–Crippen MR) is 111 cm³/mol. The Morgan fingerprint density at radius 2 is 1.90 bits per heavy atom. The highest BCUT2D eigenvalue weighted by molar-refractivity contribution is 6.23. The predicted octanol–water partition coefficient (Wildman–Crippen LogP) is 4.04. The number of allylic oxidation sites excluding steroid dienone is 4. The van der Waals surface area contributed by atoms with E-state index in [1.165, 1.54) is 17.7 Å². The number of phenols is 1. The van der Waals surface area contributed by atoms with Gasteiger partial charge in [0.05, 0.1) is 5.70 Å². The molecule has 4 rings (SSSR count). The first-order valence-corrected chi connectivity index (χ1v) is 9.99. The lowest BCUT2D eigenvalue weighted by Crippen LogP contribution is -2.39. The number of nitrogens with one attached hydrogen (secondary N) is 1. The molecule has 3 N–H and O–H groups in total. The number of carbonyl (C=O) groups is 2. The first-order valence-electron chi connectivity index (χ1n) is 9.99. The van der Waals surface area contributed by atoms with E-state index < -0.39 is 5.91 Å². The van der Waals surface area contributed by atoms with Crippen molar-refractivity contribution in [2.24, 2.45) is 23.7 Å². The molecule has 0 radical (unpaired) electrons. The van der Waals surface area contributed by atoms with Gasteiger partial charge in [-0.1, -0.05) is 42.9 Å². The first-order chi connectivity index (χ1) is 13.8. The molecular formula is C24H25NO4. The number of hydrogen-bond acceptors (Lipinski definition) is 4. The van der Waals surface area contributed by atoms with Crippen molar-refractivity contribution in [1.29, 1.82) is 0 Å². The average molecular weight is 391 g/mol. The third kappa shape index (κ3) is 3.53. The number of aromatic hydroxyl groups is 1. The van der Waals surface area contributed by atoms with Crippen molar-refractivity contribution in [1.82, 2.24) is 5.32 Å². The highest BCUT2D eigenvalue weighted by Crippen LogP contribution is 2.44. The molecule has 150 valence electrons. The lowest BCUT2D eigenvalue weighted by molar-refractivity contribution is -0.126. The Bertz CT molecular complexity index is 981. The van der Waals surface area contributed by atoms with Gasteiger partial charge in [0.15, 0.2) is 11.5 Å². The van der Waals surface area contributed by atoms with Crippen LogP contribution in [0.2, 0.25) is 0 Å². The molecule has 1 amide bonds. The van der Waals surface area contributed by atoms with Crippen molar-refractivity contribution in [3.63, 3.8) is 0 Å². The molecule has 0 spiro atoms. The quantitative estimate of drug-likeness (QED) is 0.536. The molecule has 0 fully saturated rings. The largest absolute Gasteiger partial charge is 0.508 e. The zero-order valence-corrected chi connectivity index (χ0v) is 16.6. The molecule has 3 aliphatic rings. The van der Waals surface area contributed by atoms with Crippen molar-refractivity contribution >= 4 is 17.8 Å². The van der Waals surface area contributed by atoms with Gasteiger partial charge in [0.2, 0.25) is 0 Å². The third-order valence-electron chi connectivity index (χ3n) is 6.26. The number of fused-ring (bicyclic) bond motifs is 1. The Hall–Kier alpha value is -3.08. The summed E-state index contributed by atoms with van der Waals surface area (Å²) < 4.78 is 0. The van der Waals surface area contributed by atoms with Crippen molar-refractivity contribution < 1.29 is 19.8 Å². The van der Waals surface area contributed by atoms with Crippen LogP contribution in [0.1, 0.15) is 32.3 Å². The smallest absolute Gasteiger partial charge is 0.263 e. The van der Waals surface area contributed by atoms with E-state index in [9.17, 15) is 19.8 Å². The van der Waals surface area contributed by atoms with Crippen LogP contribution >= 0.6 is 0 Å². The van der Waals surface area contributed by atoms with E-state index >= 15 is 0 Å². The average Bonchev–Trinajstić information content (AvgIpc) is 2.96. The fourth-order valence-corrected chi connectivity index (χ4v) is 4.73. The highest BCUT2D eigenvalue weighted by atomic mass is 16.3. The highest BCUT2D eigenvalue weighted by Gasteiger charge is 2.44. The number of Topliss-reactive ketones (excluding diaryl/α,β-unsaturated/α-hetero) is 1. The molecule has 1 aromatic carbocycles. The van der Waals surface area contributed by atoms with Gasteiger partial charge in [0, 0.05) is 5.92 Å². The fourth-order valence-electron chi connectivity index (χ4n) is 4.73. The van der Waals surface area contributed by atoms with Crippen LogP contribution in [0.15, 0.2) is 65.1 Å². The van der Waals surface area contributed by atoms with Gasteiger partial charge in [-0.3, -0.25) is 9.59 Å². The monoisotopic (exact) mass is 391 g/mol. The summed E-state index contributed by atoms with van der Waals surface area (Å²) >= 11 is 0. The minimum atomic E-state index is -0.557.